The minimum atomic E-state index is -0.802. The van der Waals surface area contributed by atoms with Crippen LogP contribution in [0.2, 0.25) is 0 Å². The predicted octanol–water partition coefficient (Wildman–Crippen LogP) is 5.27. The van der Waals surface area contributed by atoms with Crippen molar-refractivity contribution in [3.63, 3.8) is 0 Å². The Kier molecular flexibility index (Phi) is 16.1. The van der Waals surface area contributed by atoms with Gasteiger partial charge in [0.15, 0.2) is 0 Å². The van der Waals surface area contributed by atoms with Gasteiger partial charge < -0.3 is 40.5 Å². The highest BCUT2D eigenvalue weighted by Gasteiger charge is 2.39. The van der Waals surface area contributed by atoms with Crippen molar-refractivity contribution in [3.05, 3.63) is 59.7 Å². The first-order valence-corrected chi connectivity index (χ1v) is 19.6. The molecule has 2 aromatic carbocycles. The molecule has 14 heteroatoms. The van der Waals surface area contributed by atoms with Gasteiger partial charge in [0.25, 0.3) is 0 Å². The lowest BCUT2D eigenvalue weighted by Crippen LogP contribution is -2.53. The molecule has 0 aromatic heterocycles. The third-order valence-corrected chi connectivity index (χ3v) is 9.43. The second-order valence-electron chi connectivity index (χ2n) is 14.9. The third-order valence-electron chi connectivity index (χ3n) is 9.43. The van der Waals surface area contributed by atoms with Crippen LogP contribution in [0.1, 0.15) is 91.2 Å². The summed E-state index contributed by atoms with van der Waals surface area (Å²) in [5, 5.41) is 11.2. The minimum Gasteiger partial charge on any atom is -0.450 e. The van der Waals surface area contributed by atoms with Crippen LogP contribution < -0.4 is 21.3 Å². The van der Waals surface area contributed by atoms with E-state index in [1.54, 1.807) is 60.0 Å². The molecule has 2 saturated heterocycles. The van der Waals surface area contributed by atoms with Crippen molar-refractivity contribution in [1.82, 2.24) is 20.4 Å². The van der Waals surface area contributed by atoms with Crippen LogP contribution in [-0.2, 0) is 28.7 Å². The lowest BCUT2D eigenvalue weighted by Gasteiger charge is -2.29. The maximum absolute atomic E-state index is 13.6. The van der Waals surface area contributed by atoms with Gasteiger partial charge in [-0.2, -0.15) is 0 Å². The van der Waals surface area contributed by atoms with Crippen LogP contribution in [0.25, 0.3) is 0 Å². The molecule has 4 rings (SSSR count). The molecule has 0 radical (unpaired) electrons. The first-order valence-electron chi connectivity index (χ1n) is 19.6. The average Bonchev–Trinajstić information content (AvgIpc) is 3.84. The molecule has 0 aliphatic carbocycles. The number of ether oxygens (including phenoxy) is 2. The molecular formula is C42H56N6O8. The van der Waals surface area contributed by atoms with Gasteiger partial charge >= 0.3 is 12.2 Å². The number of rotatable bonds is 14. The highest BCUT2D eigenvalue weighted by Crippen LogP contribution is 2.24. The quantitative estimate of drug-likeness (QED) is 0.188. The SMILES string of the molecule is CCOC(=O)N[C@@H](CC(C)C)C(=O)N1CCC[C@H]1C(=O)Nc1cccc(C#Cc2cccc(NC(=O)[C@@H]3CCCN3C(=O)[C@H](CC(C)C)NC(=O)OCC)c2)c1. The molecule has 2 aromatic rings. The van der Waals surface area contributed by atoms with Gasteiger partial charge in [-0.3, -0.25) is 19.2 Å². The first kappa shape index (κ1) is 43.2. The molecule has 0 saturated carbocycles. The van der Waals surface area contributed by atoms with E-state index < -0.39 is 36.4 Å². The van der Waals surface area contributed by atoms with Crippen LogP contribution in [0.15, 0.2) is 48.5 Å². The molecular weight excluding hydrogens is 716 g/mol. The van der Waals surface area contributed by atoms with E-state index in [-0.39, 0.29) is 48.7 Å². The van der Waals surface area contributed by atoms with Crippen molar-refractivity contribution >= 4 is 47.2 Å². The van der Waals surface area contributed by atoms with Crippen LogP contribution >= 0.6 is 0 Å². The summed E-state index contributed by atoms with van der Waals surface area (Å²) < 4.78 is 10.0. The maximum Gasteiger partial charge on any atom is 0.407 e. The summed E-state index contributed by atoms with van der Waals surface area (Å²) in [7, 11) is 0. The summed E-state index contributed by atoms with van der Waals surface area (Å²) >= 11 is 0. The van der Waals surface area contributed by atoms with Crippen molar-refractivity contribution in [3.8, 4) is 11.8 Å². The number of hydrogen-bond acceptors (Lipinski definition) is 8. The second kappa shape index (κ2) is 20.9. The summed E-state index contributed by atoms with van der Waals surface area (Å²) in [5.74, 6) is 5.22. The summed E-state index contributed by atoms with van der Waals surface area (Å²) in [6.45, 7) is 12.4. The summed E-state index contributed by atoms with van der Waals surface area (Å²) in [4.78, 5) is 81.5. The van der Waals surface area contributed by atoms with Crippen LogP contribution in [0.4, 0.5) is 21.0 Å². The Morgan fingerprint density at radius 1 is 0.661 bits per heavy atom. The number of carbonyl (C=O) groups is 6. The Bertz CT molecular complexity index is 1660. The molecule has 6 amide bonds. The Hall–Kier alpha value is -5.58. The molecule has 0 spiro atoms. The zero-order valence-electron chi connectivity index (χ0n) is 33.3. The van der Waals surface area contributed by atoms with Gasteiger partial charge in [0, 0.05) is 35.6 Å². The number of amides is 6. The molecule has 0 unspecified atom stereocenters. The Labute approximate surface area is 329 Å². The average molecular weight is 773 g/mol. The molecule has 2 aliphatic heterocycles. The summed E-state index contributed by atoms with van der Waals surface area (Å²) in [5.41, 5.74) is 2.32. The van der Waals surface area contributed by atoms with E-state index >= 15 is 0 Å². The van der Waals surface area contributed by atoms with E-state index in [9.17, 15) is 28.8 Å². The van der Waals surface area contributed by atoms with E-state index in [2.05, 4.69) is 33.1 Å². The number of anilines is 2. The van der Waals surface area contributed by atoms with E-state index in [4.69, 9.17) is 9.47 Å². The molecule has 302 valence electrons. The smallest absolute Gasteiger partial charge is 0.407 e. The normalized spacial score (nSPS) is 17.4. The fraction of sp³-hybridized carbons (Fsp3) is 0.524. The number of benzene rings is 2. The second-order valence-corrected chi connectivity index (χ2v) is 14.9. The van der Waals surface area contributed by atoms with Crippen molar-refractivity contribution in [2.45, 2.75) is 104 Å². The number of carbonyl (C=O) groups excluding carboxylic acids is 6. The summed E-state index contributed by atoms with van der Waals surface area (Å²) in [6.07, 6.45) is 1.81. The highest BCUT2D eigenvalue weighted by molar-refractivity contribution is 5.99. The maximum atomic E-state index is 13.6. The molecule has 4 atom stereocenters. The van der Waals surface area contributed by atoms with Gasteiger partial charge in [0.1, 0.15) is 24.2 Å². The molecule has 4 N–H and O–H groups in total. The van der Waals surface area contributed by atoms with E-state index in [0.29, 0.717) is 74.1 Å². The van der Waals surface area contributed by atoms with Gasteiger partial charge in [-0.15, -0.1) is 0 Å². The number of nitrogens with one attached hydrogen (secondary N) is 4. The van der Waals surface area contributed by atoms with Gasteiger partial charge in [-0.05, 0) is 101 Å². The third kappa shape index (κ3) is 12.5. The summed E-state index contributed by atoms with van der Waals surface area (Å²) in [6, 6.07) is 11.2. The van der Waals surface area contributed by atoms with Crippen LogP contribution in [0.5, 0.6) is 0 Å². The zero-order chi connectivity index (χ0) is 40.8. The lowest BCUT2D eigenvalue weighted by atomic mass is 10.0. The van der Waals surface area contributed by atoms with Crippen LogP contribution in [0, 0.1) is 23.7 Å². The predicted molar refractivity (Wildman–Crippen MR) is 212 cm³/mol. The van der Waals surface area contributed by atoms with Crippen LogP contribution in [-0.4, -0.2) is 96.1 Å². The molecule has 56 heavy (non-hydrogen) atoms. The molecule has 0 bridgehead atoms. The van der Waals surface area contributed by atoms with Crippen LogP contribution in [0.3, 0.4) is 0 Å². The fourth-order valence-electron chi connectivity index (χ4n) is 6.97. The monoisotopic (exact) mass is 772 g/mol. The van der Waals surface area contributed by atoms with Gasteiger partial charge in [-0.25, -0.2) is 9.59 Å². The van der Waals surface area contributed by atoms with Crippen molar-refractivity contribution < 1.29 is 38.2 Å². The minimum absolute atomic E-state index is 0.127. The van der Waals surface area contributed by atoms with Gasteiger partial charge in [0.05, 0.1) is 13.2 Å². The van der Waals surface area contributed by atoms with Crippen molar-refractivity contribution in [2.24, 2.45) is 11.8 Å². The first-order chi connectivity index (χ1) is 26.8. The number of alkyl carbamates (subject to hydrolysis) is 2. The highest BCUT2D eigenvalue weighted by atomic mass is 16.6. The molecule has 14 nitrogen and oxygen atoms in total. The van der Waals surface area contributed by atoms with E-state index in [1.165, 1.54) is 0 Å². The molecule has 2 aliphatic rings. The number of likely N-dealkylation sites (tertiary alicyclic amines) is 2. The van der Waals surface area contributed by atoms with Gasteiger partial charge in [0.2, 0.25) is 23.6 Å². The fourth-order valence-corrected chi connectivity index (χ4v) is 6.97. The number of hydrogen-bond donors (Lipinski definition) is 4. The number of nitrogens with zero attached hydrogens (tertiary/aromatic N) is 2. The topological polar surface area (TPSA) is 175 Å². The molecule has 2 fully saturated rings. The zero-order valence-corrected chi connectivity index (χ0v) is 33.3. The van der Waals surface area contributed by atoms with E-state index in [1.807, 2.05) is 39.8 Å². The van der Waals surface area contributed by atoms with Crippen molar-refractivity contribution in [1.29, 1.82) is 0 Å². The lowest BCUT2D eigenvalue weighted by molar-refractivity contribution is -0.138. The largest absolute Gasteiger partial charge is 0.450 e. The van der Waals surface area contributed by atoms with Gasteiger partial charge in [-0.1, -0.05) is 51.7 Å². The van der Waals surface area contributed by atoms with E-state index in [0.717, 1.165) is 0 Å². The Balaban J connectivity index is 1.39. The Morgan fingerprint density at radius 3 is 1.41 bits per heavy atom. The standard InChI is InChI=1S/C42H56N6O8/c1-7-55-41(53)45-33(23-27(3)4)39(51)47-21-11-17-35(47)37(49)43-31-15-9-13-29(25-31)19-20-30-14-10-16-32(26-30)44-38(50)36-18-12-22-48(36)40(52)34(24-28(5)6)46-42(54)56-8-2/h9-10,13-16,25-28,33-36H,7-8,11-12,17-18,21-24H2,1-6H3,(H,43,49)(H,44,50)(H,45,53)(H,46,54)/t33-,34-,35-,36-/m0/s1. The van der Waals surface area contributed by atoms with Crippen molar-refractivity contribution in [2.75, 3.05) is 36.9 Å². The molecule has 2 heterocycles. The Morgan fingerprint density at radius 2 is 1.05 bits per heavy atom.